The van der Waals surface area contributed by atoms with Crippen LogP contribution < -0.4 is 18.9 Å². The molecule has 4 heterocycles. The van der Waals surface area contributed by atoms with Crippen LogP contribution in [-0.2, 0) is 14.3 Å². The first kappa shape index (κ1) is 15.2. The van der Waals surface area contributed by atoms with E-state index in [1.165, 1.54) is 0 Å². The van der Waals surface area contributed by atoms with Crippen molar-refractivity contribution in [1.29, 1.82) is 0 Å². The first-order chi connectivity index (χ1) is 13.3. The van der Waals surface area contributed by atoms with Crippen LogP contribution in [0.3, 0.4) is 0 Å². The molecule has 2 saturated heterocycles. The van der Waals surface area contributed by atoms with Crippen molar-refractivity contribution < 1.29 is 33.2 Å². The van der Waals surface area contributed by atoms with Crippen LogP contribution >= 0.6 is 0 Å². The van der Waals surface area contributed by atoms with Gasteiger partial charge in [-0.05, 0) is 35.4 Å². The number of hydrogen-bond donors (Lipinski definition) is 0. The highest BCUT2D eigenvalue weighted by Gasteiger charge is 2.54. The van der Waals surface area contributed by atoms with Crippen molar-refractivity contribution in [2.45, 2.75) is 12.2 Å². The van der Waals surface area contributed by atoms with Crippen molar-refractivity contribution in [3.05, 3.63) is 47.5 Å². The quantitative estimate of drug-likeness (QED) is 0.755. The third-order valence-electron chi connectivity index (χ3n) is 5.61. The number of hydrogen-bond acceptors (Lipinski definition) is 7. The molecule has 0 unspecified atom stereocenters. The van der Waals surface area contributed by atoms with Gasteiger partial charge in [0.05, 0.1) is 18.6 Å². The van der Waals surface area contributed by atoms with Crippen molar-refractivity contribution in [3.8, 4) is 23.0 Å². The predicted octanol–water partition coefficient (Wildman–Crippen LogP) is 2.75. The van der Waals surface area contributed by atoms with Crippen LogP contribution in [0.5, 0.6) is 23.0 Å². The molecule has 0 bridgehead atoms. The lowest BCUT2D eigenvalue weighted by Gasteiger charge is -2.15. The van der Waals surface area contributed by atoms with Crippen LogP contribution in [-0.4, -0.2) is 26.2 Å². The Kier molecular flexibility index (Phi) is 3.11. The SMILES string of the molecule is O=C1O[C@H](c2ccc3c(c2)OCO3)[C@H]2CO[C@H](c3ccc4c(c3)OCO4)[C@@H]12. The minimum atomic E-state index is -0.351. The number of cyclic esters (lactones) is 1. The van der Waals surface area contributed by atoms with E-state index in [0.29, 0.717) is 29.6 Å². The molecule has 0 N–H and O–H groups in total. The van der Waals surface area contributed by atoms with Gasteiger partial charge < -0.3 is 28.4 Å². The van der Waals surface area contributed by atoms with E-state index in [1.807, 2.05) is 36.4 Å². The van der Waals surface area contributed by atoms with E-state index in [4.69, 9.17) is 28.4 Å². The zero-order valence-electron chi connectivity index (χ0n) is 14.3. The maximum absolute atomic E-state index is 12.7. The first-order valence-electron chi connectivity index (χ1n) is 8.89. The number of fused-ring (bicyclic) bond motifs is 3. The molecule has 2 aromatic rings. The fourth-order valence-corrected chi connectivity index (χ4v) is 4.31. The highest BCUT2D eigenvalue weighted by molar-refractivity contribution is 5.77. The second-order valence-electron chi connectivity index (χ2n) is 7.03. The number of rotatable bonds is 2. The van der Waals surface area contributed by atoms with Crippen LogP contribution in [0.4, 0.5) is 0 Å². The summed E-state index contributed by atoms with van der Waals surface area (Å²) in [6.45, 7) is 0.879. The molecule has 0 amide bonds. The fourth-order valence-electron chi connectivity index (χ4n) is 4.31. The van der Waals surface area contributed by atoms with Gasteiger partial charge in [0.15, 0.2) is 23.0 Å². The van der Waals surface area contributed by atoms with Gasteiger partial charge in [-0.25, -0.2) is 0 Å². The molecule has 6 rings (SSSR count). The monoisotopic (exact) mass is 368 g/mol. The molecule has 4 aliphatic rings. The van der Waals surface area contributed by atoms with Crippen LogP contribution in [0.1, 0.15) is 23.3 Å². The molecule has 2 fully saturated rings. The number of benzene rings is 2. The molecule has 7 heteroatoms. The number of carbonyl (C=O) groups excluding carboxylic acids is 1. The molecule has 138 valence electrons. The lowest BCUT2D eigenvalue weighted by Crippen LogP contribution is -2.17. The lowest BCUT2D eigenvalue weighted by molar-refractivity contribution is -0.148. The number of ether oxygens (including phenoxy) is 6. The Labute approximate surface area is 154 Å². The van der Waals surface area contributed by atoms with E-state index in [0.717, 1.165) is 11.1 Å². The molecule has 2 aromatic carbocycles. The predicted molar refractivity (Wildman–Crippen MR) is 89.6 cm³/mol. The van der Waals surface area contributed by atoms with Crippen LogP contribution in [0.15, 0.2) is 36.4 Å². The molecule has 0 aliphatic carbocycles. The number of esters is 1. The fraction of sp³-hybridized carbons (Fsp3) is 0.350. The highest BCUT2D eigenvalue weighted by atomic mass is 16.7. The van der Waals surface area contributed by atoms with Gasteiger partial charge in [-0.3, -0.25) is 4.79 Å². The summed E-state index contributed by atoms with van der Waals surface area (Å²) >= 11 is 0. The molecular weight excluding hydrogens is 352 g/mol. The van der Waals surface area contributed by atoms with Crippen molar-refractivity contribution >= 4 is 5.97 Å². The van der Waals surface area contributed by atoms with Gasteiger partial charge in [-0.2, -0.15) is 0 Å². The Morgan fingerprint density at radius 3 is 2.00 bits per heavy atom. The molecule has 4 aliphatic heterocycles. The van der Waals surface area contributed by atoms with Crippen molar-refractivity contribution in [2.75, 3.05) is 20.2 Å². The average molecular weight is 368 g/mol. The Balaban J connectivity index is 1.31. The van der Waals surface area contributed by atoms with E-state index < -0.39 is 0 Å². The van der Waals surface area contributed by atoms with Gasteiger partial charge in [-0.1, -0.05) is 12.1 Å². The van der Waals surface area contributed by atoms with E-state index in [-0.39, 0.29) is 43.6 Å². The lowest BCUT2D eigenvalue weighted by atomic mass is 9.84. The second kappa shape index (κ2) is 5.53. The zero-order valence-corrected chi connectivity index (χ0v) is 14.3. The number of carbonyl (C=O) groups is 1. The van der Waals surface area contributed by atoms with Gasteiger partial charge in [-0.15, -0.1) is 0 Å². The summed E-state index contributed by atoms with van der Waals surface area (Å²) in [6, 6.07) is 11.3. The summed E-state index contributed by atoms with van der Waals surface area (Å²) in [5.74, 6) is 2.15. The minimum absolute atomic E-state index is 0.0479. The van der Waals surface area contributed by atoms with E-state index in [1.54, 1.807) is 0 Å². The standard InChI is InChI=1S/C20H16O7/c21-20-17-12(18(27-20)10-1-3-13-15(5-10)25-8-23-13)7-22-19(17)11-2-4-14-16(6-11)26-9-24-14/h1-6,12,17-19H,7-9H2/t12-,17-,18+,19+/m0/s1. The normalized spacial score (nSPS) is 29.7. The highest BCUT2D eigenvalue weighted by Crippen LogP contribution is 2.52. The third-order valence-corrected chi connectivity index (χ3v) is 5.61. The molecular formula is C20H16O7. The summed E-state index contributed by atoms with van der Waals surface area (Å²) in [6.07, 6.45) is -0.702. The Morgan fingerprint density at radius 2 is 1.33 bits per heavy atom. The van der Waals surface area contributed by atoms with Gasteiger partial charge in [0, 0.05) is 5.92 Å². The zero-order chi connectivity index (χ0) is 18.0. The van der Waals surface area contributed by atoms with Crippen LogP contribution in [0.2, 0.25) is 0 Å². The second-order valence-corrected chi connectivity index (χ2v) is 7.03. The smallest absolute Gasteiger partial charge is 0.313 e. The summed E-state index contributed by atoms with van der Waals surface area (Å²) in [4.78, 5) is 12.7. The Hall–Kier alpha value is -2.93. The molecule has 0 radical (unpaired) electrons. The van der Waals surface area contributed by atoms with Gasteiger partial charge in [0.2, 0.25) is 13.6 Å². The topological polar surface area (TPSA) is 72.5 Å². The maximum Gasteiger partial charge on any atom is 0.313 e. The largest absolute Gasteiger partial charge is 0.457 e. The van der Waals surface area contributed by atoms with Crippen molar-refractivity contribution in [3.63, 3.8) is 0 Å². The van der Waals surface area contributed by atoms with Crippen molar-refractivity contribution in [1.82, 2.24) is 0 Å². The third kappa shape index (κ3) is 2.21. The summed E-state index contributed by atoms with van der Waals surface area (Å²) in [7, 11) is 0. The van der Waals surface area contributed by atoms with Crippen LogP contribution in [0, 0.1) is 11.8 Å². The summed E-state index contributed by atoms with van der Waals surface area (Å²) in [5.41, 5.74) is 1.80. The van der Waals surface area contributed by atoms with Crippen LogP contribution in [0.25, 0.3) is 0 Å². The summed E-state index contributed by atoms with van der Waals surface area (Å²) in [5, 5.41) is 0. The molecule has 4 atom stereocenters. The van der Waals surface area contributed by atoms with E-state index in [9.17, 15) is 4.79 Å². The molecule has 0 aromatic heterocycles. The minimum Gasteiger partial charge on any atom is -0.457 e. The van der Waals surface area contributed by atoms with Gasteiger partial charge in [0.25, 0.3) is 0 Å². The molecule has 0 saturated carbocycles. The molecule has 7 nitrogen and oxygen atoms in total. The van der Waals surface area contributed by atoms with E-state index in [2.05, 4.69) is 0 Å². The van der Waals surface area contributed by atoms with Gasteiger partial charge in [0.1, 0.15) is 6.10 Å². The van der Waals surface area contributed by atoms with E-state index >= 15 is 0 Å². The van der Waals surface area contributed by atoms with Crippen molar-refractivity contribution in [2.24, 2.45) is 11.8 Å². The Bertz CT molecular complexity index is 884. The van der Waals surface area contributed by atoms with Gasteiger partial charge >= 0.3 is 5.97 Å². The Morgan fingerprint density at radius 1 is 0.741 bits per heavy atom. The molecule has 0 spiro atoms. The molecule has 27 heavy (non-hydrogen) atoms. The maximum atomic E-state index is 12.7. The summed E-state index contributed by atoms with van der Waals surface area (Å²) < 4.78 is 33.4. The first-order valence-corrected chi connectivity index (χ1v) is 8.89. The average Bonchev–Trinajstić information content (AvgIpc) is 3.45.